The summed E-state index contributed by atoms with van der Waals surface area (Å²) in [5.74, 6) is 0.145. The van der Waals surface area contributed by atoms with Crippen LogP contribution in [0, 0.1) is 0 Å². The highest BCUT2D eigenvalue weighted by molar-refractivity contribution is 5.84. The number of carbonyl (C=O) groups excluding carboxylic acids is 1. The summed E-state index contributed by atoms with van der Waals surface area (Å²) in [5, 5.41) is 0. The van der Waals surface area contributed by atoms with Crippen LogP contribution in [-0.2, 0) is 19.0 Å². The summed E-state index contributed by atoms with van der Waals surface area (Å²) < 4.78 is 17.6. The Bertz CT molecular complexity index is 341. The normalized spacial score (nSPS) is 44.0. The van der Waals surface area contributed by atoms with Crippen molar-refractivity contribution in [2.45, 2.75) is 62.6 Å². The Hall–Kier alpha value is -0.710. The van der Waals surface area contributed by atoms with E-state index in [0.29, 0.717) is 12.8 Å². The van der Waals surface area contributed by atoms with E-state index in [4.69, 9.17) is 14.2 Å². The average molecular weight is 252 g/mol. The highest BCUT2D eigenvalue weighted by Gasteiger charge is 2.45. The van der Waals surface area contributed by atoms with Gasteiger partial charge in [-0.05, 0) is 19.3 Å². The maximum atomic E-state index is 11.9. The Labute approximate surface area is 107 Å². The van der Waals surface area contributed by atoms with Crippen LogP contribution in [-0.4, -0.2) is 42.9 Å². The first-order valence-corrected chi connectivity index (χ1v) is 6.84. The number of ether oxygens (including phenoxy) is 3. The van der Waals surface area contributed by atoms with Gasteiger partial charge in [-0.25, -0.2) is 0 Å². The number of hydrogen-bond acceptors (Lipinski definition) is 4. The summed E-state index contributed by atoms with van der Waals surface area (Å²) in [6, 6.07) is 0. The van der Waals surface area contributed by atoms with E-state index in [1.54, 1.807) is 6.08 Å². The SMILES string of the molecule is C=CC[C@H]1O[C@H]2C[C@H]3OCCC[C@@H]3O[C@@H]2CC1=O. The summed E-state index contributed by atoms with van der Waals surface area (Å²) in [6.07, 6.45) is 5.68. The van der Waals surface area contributed by atoms with Gasteiger partial charge in [0.1, 0.15) is 6.10 Å². The molecule has 0 unspecified atom stereocenters. The second kappa shape index (κ2) is 5.11. The lowest BCUT2D eigenvalue weighted by Crippen LogP contribution is -2.56. The molecule has 0 aliphatic carbocycles. The molecule has 0 bridgehead atoms. The Morgan fingerprint density at radius 3 is 2.94 bits per heavy atom. The van der Waals surface area contributed by atoms with Crippen molar-refractivity contribution in [3.05, 3.63) is 12.7 Å². The molecule has 3 saturated heterocycles. The van der Waals surface area contributed by atoms with Crippen molar-refractivity contribution in [2.75, 3.05) is 6.61 Å². The number of ketones is 1. The van der Waals surface area contributed by atoms with Crippen molar-refractivity contribution in [3.8, 4) is 0 Å². The fourth-order valence-corrected chi connectivity index (χ4v) is 3.16. The van der Waals surface area contributed by atoms with Crippen LogP contribution >= 0.6 is 0 Å². The topological polar surface area (TPSA) is 44.8 Å². The van der Waals surface area contributed by atoms with E-state index in [1.165, 1.54) is 0 Å². The Morgan fingerprint density at radius 2 is 2.11 bits per heavy atom. The molecule has 0 aromatic rings. The summed E-state index contributed by atoms with van der Waals surface area (Å²) in [5.41, 5.74) is 0. The van der Waals surface area contributed by atoms with Gasteiger partial charge in [0.25, 0.3) is 0 Å². The van der Waals surface area contributed by atoms with Crippen molar-refractivity contribution >= 4 is 5.78 Å². The zero-order chi connectivity index (χ0) is 12.5. The highest BCUT2D eigenvalue weighted by Crippen LogP contribution is 2.35. The van der Waals surface area contributed by atoms with E-state index in [1.807, 2.05) is 0 Å². The lowest BCUT2D eigenvalue weighted by Gasteiger charge is -2.46. The van der Waals surface area contributed by atoms with E-state index < -0.39 is 0 Å². The molecule has 5 atom stereocenters. The molecule has 100 valence electrons. The molecule has 0 spiro atoms. The fraction of sp³-hybridized carbons (Fsp3) is 0.786. The van der Waals surface area contributed by atoms with E-state index in [2.05, 4.69) is 6.58 Å². The van der Waals surface area contributed by atoms with Gasteiger partial charge < -0.3 is 14.2 Å². The van der Waals surface area contributed by atoms with Crippen molar-refractivity contribution < 1.29 is 19.0 Å². The zero-order valence-electron chi connectivity index (χ0n) is 10.5. The van der Waals surface area contributed by atoms with Gasteiger partial charge in [-0.2, -0.15) is 0 Å². The van der Waals surface area contributed by atoms with Gasteiger partial charge >= 0.3 is 0 Å². The van der Waals surface area contributed by atoms with Gasteiger partial charge in [-0.3, -0.25) is 4.79 Å². The molecule has 3 rings (SSSR count). The minimum absolute atomic E-state index is 0.00648. The van der Waals surface area contributed by atoms with Gasteiger partial charge in [0.2, 0.25) is 0 Å². The van der Waals surface area contributed by atoms with Crippen LogP contribution in [0.2, 0.25) is 0 Å². The van der Waals surface area contributed by atoms with Gasteiger partial charge in [0.05, 0.1) is 24.4 Å². The Balaban J connectivity index is 1.68. The second-order valence-electron chi connectivity index (χ2n) is 5.36. The third kappa shape index (κ3) is 2.25. The third-order valence-corrected chi connectivity index (χ3v) is 4.09. The summed E-state index contributed by atoms with van der Waals surface area (Å²) in [4.78, 5) is 11.9. The minimum atomic E-state index is -0.326. The monoisotopic (exact) mass is 252 g/mol. The maximum Gasteiger partial charge on any atom is 0.164 e. The first-order chi connectivity index (χ1) is 8.78. The Morgan fingerprint density at radius 1 is 1.22 bits per heavy atom. The maximum absolute atomic E-state index is 11.9. The number of fused-ring (bicyclic) bond motifs is 2. The Kier molecular flexibility index (Phi) is 3.50. The zero-order valence-corrected chi connectivity index (χ0v) is 10.5. The molecule has 0 aromatic carbocycles. The van der Waals surface area contributed by atoms with Crippen LogP contribution in [0.4, 0.5) is 0 Å². The molecule has 3 aliphatic rings. The smallest absolute Gasteiger partial charge is 0.164 e. The van der Waals surface area contributed by atoms with E-state index >= 15 is 0 Å². The number of rotatable bonds is 2. The molecule has 0 radical (unpaired) electrons. The van der Waals surface area contributed by atoms with E-state index in [-0.39, 0.29) is 36.3 Å². The quantitative estimate of drug-likeness (QED) is 0.701. The molecule has 3 heterocycles. The minimum Gasteiger partial charge on any atom is -0.375 e. The standard InChI is InChI=1S/C14H20O4/c1-2-4-10-9(15)7-13-14(17-10)8-12-11(18-13)5-3-6-16-12/h2,10-14H,1,3-8H2/t10-,11+,12-,13-,14+/m1/s1. The highest BCUT2D eigenvalue weighted by atomic mass is 16.6. The summed E-state index contributed by atoms with van der Waals surface area (Å²) in [7, 11) is 0. The van der Waals surface area contributed by atoms with Crippen LogP contribution in [0.5, 0.6) is 0 Å². The van der Waals surface area contributed by atoms with Gasteiger partial charge in [0.15, 0.2) is 5.78 Å². The summed E-state index contributed by atoms with van der Waals surface area (Å²) >= 11 is 0. The van der Waals surface area contributed by atoms with Gasteiger partial charge in [-0.15, -0.1) is 6.58 Å². The van der Waals surface area contributed by atoms with E-state index in [9.17, 15) is 4.79 Å². The number of hydrogen-bond donors (Lipinski definition) is 0. The third-order valence-electron chi connectivity index (χ3n) is 4.09. The molecule has 18 heavy (non-hydrogen) atoms. The molecular weight excluding hydrogens is 232 g/mol. The first kappa shape index (κ1) is 12.3. The molecule has 3 aliphatic heterocycles. The molecule has 4 heteroatoms. The molecule has 0 amide bonds. The fourth-order valence-electron chi connectivity index (χ4n) is 3.16. The van der Waals surface area contributed by atoms with Crippen molar-refractivity contribution in [2.24, 2.45) is 0 Å². The predicted molar refractivity (Wildman–Crippen MR) is 65.4 cm³/mol. The lowest BCUT2D eigenvalue weighted by atomic mass is 9.88. The number of carbonyl (C=O) groups is 1. The second-order valence-corrected chi connectivity index (χ2v) is 5.36. The molecule has 3 fully saturated rings. The van der Waals surface area contributed by atoms with E-state index in [0.717, 1.165) is 25.9 Å². The van der Waals surface area contributed by atoms with Gasteiger partial charge in [-0.1, -0.05) is 6.08 Å². The van der Waals surface area contributed by atoms with Crippen molar-refractivity contribution in [3.63, 3.8) is 0 Å². The average Bonchev–Trinajstić information content (AvgIpc) is 2.38. The molecule has 0 aromatic heterocycles. The largest absolute Gasteiger partial charge is 0.375 e. The van der Waals surface area contributed by atoms with Crippen LogP contribution < -0.4 is 0 Å². The molecule has 4 nitrogen and oxygen atoms in total. The van der Waals surface area contributed by atoms with Crippen LogP contribution in [0.1, 0.15) is 32.1 Å². The van der Waals surface area contributed by atoms with Crippen LogP contribution in [0.3, 0.4) is 0 Å². The van der Waals surface area contributed by atoms with Gasteiger partial charge in [0, 0.05) is 19.4 Å². The molecule has 0 N–H and O–H groups in total. The lowest BCUT2D eigenvalue weighted by molar-refractivity contribution is -0.234. The van der Waals surface area contributed by atoms with Crippen LogP contribution in [0.25, 0.3) is 0 Å². The molecule has 0 saturated carbocycles. The van der Waals surface area contributed by atoms with Crippen molar-refractivity contribution in [1.29, 1.82) is 0 Å². The molecular formula is C14H20O4. The van der Waals surface area contributed by atoms with Crippen molar-refractivity contribution in [1.82, 2.24) is 0 Å². The predicted octanol–water partition coefficient (Wildman–Crippen LogP) is 1.63. The summed E-state index contributed by atoms with van der Waals surface area (Å²) in [6.45, 7) is 4.49. The number of Topliss-reactive ketones (excluding diaryl/α,β-unsaturated/α-hetero) is 1. The first-order valence-electron chi connectivity index (χ1n) is 6.84. The van der Waals surface area contributed by atoms with Crippen LogP contribution in [0.15, 0.2) is 12.7 Å².